The van der Waals surface area contributed by atoms with E-state index in [0.717, 1.165) is 11.3 Å². The zero-order valence-corrected chi connectivity index (χ0v) is 21.8. The van der Waals surface area contributed by atoms with Crippen LogP contribution in [0, 0.1) is 0 Å². The molecule has 0 aromatic heterocycles. The van der Waals surface area contributed by atoms with E-state index in [4.69, 9.17) is 9.47 Å². The number of methoxy groups -OCH3 is 2. The third kappa shape index (κ3) is 5.10. The molecule has 1 aliphatic carbocycles. The smallest absolute Gasteiger partial charge is 0.303 e. The second kappa shape index (κ2) is 11.0. The number of ketones is 1. The van der Waals surface area contributed by atoms with E-state index in [9.17, 15) is 19.5 Å². The Bertz CT molecular complexity index is 1450. The number of hydrogen-bond acceptors (Lipinski definition) is 6. The van der Waals surface area contributed by atoms with Crippen LogP contribution < -0.4 is 19.7 Å². The fourth-order valence-corrected chi connectivity index (χ4v) is 5.50. The molecule has 0 spiro atoms. The lowest BCUT2D eigenvalue weighted by Gasteiger charge is -2.35. The number of carbonyl (C=O) groups excluding carboxylic acids is 2. The van der Waals surface area contributed by atoms with E-state index in [1.807, 2.05) is 60.7 Å². The monoisotopic (exact) mass is 526 g/mol. The third-order valence-corrected chi connectivity index (χ3v) is 7.30. The fraction of sp³-hybridized carbons (Fsp3) is 0.258. The number of amides is 1. The van der Waals surface area contributed by atoms with Crippen molar-refractivity contribution in [2.75, 3.05) is 24.4 Å². The van der Waals surface area contributed by atoms with E-state index in [0.29, 0.717) is 46.9 Å². The van der Waals surface area contributed by atoms with Crippen LogP contribution in [0.3, 0.4) is 0 Å². The number of aliphatic carboxylic acids is 1. The maximum Gasteiger partial charge on any atom is 0.303 e. The van der Waals surface area contributed by atoms with Gasteiger partial charge in [0.15, 0.2) is 17.3 Å². The predicted octanol–water partition coefficient (Wildman–Crippen LogP) is 5.47. The maximum atomic E-state index is 14.0. The van der Waals surface area contributed by atoms with Gasteiger partial charge in [-0.05, 0) is 47.7 Å². The highest BCUT2D eigenvalue weighted by molar-refractivity contribution is 6.06. The van der Waals surface area contributed by atoms with Crippen LogP contribution in [-0.2, 0) is 14.4 Å². The molecule has 8 heteroatoms. The van der Waals surface area contributed by atoms with Gasteiger partial charge >= 0.3 is 5.97 Å². The van der Waals surface area contributed by atoms with Gasteiger partial charge in [-0.25, -0.2) is 0 Å². The molecule has 39 heavy (non-hydrogen) atoms. The Morgan fingerprint density at radius 3 is 2.33 bits per heavy atom. The molecule has 2 aliphatic rings. The first-order valence-corrected chi connectivity index (χ1v) is 12.8. The second-order valence-corrected chi connectivity index (χ2v) is 9.65. The zero-order valence-electron chi connectivity index (χ0n) is 21.8. The number of benzene rings is 3. The van der Waals surface area contributed by atoms with Crippen LogP contribution in [0.2, 0.25) is 0 Å². The van der Waals surface area contributed by atoms with Gasteiger partial charge in [-0.3, -0.25) is 19.3 Å². The minimum atomic E-state index is -1.06. The lowest BCUT2D eigenvalue weighted by Crippen LogP contribution is -2.38. The van der Waals surface area contributed by atoms with Gasteiger partial charge in [0, 0.05) is 24.1 Å². The molecule has 200 valence electrons. The maximum absolute atomic E-state index is 14.0. The van der Waals surface area contributed by atoms with Gasteiger partial charge in [0.1, 0.15) is 0 Å². The largest absolute Gasteiger partial charge is 0.493 e. The molecule has 0 fully saturated rings. The van der Waals surface area contributed by atoms with Gasteiger partial charge in [0.05, 0.1) is 38.1 Å². The first-order valence-electron chi connectivity index (χ1n) is 12.8. The number of nitrogens with one attached hydrogen (secondary N) is 1. The summed E-state index contributed by atoms with van der Waals surface area (Å²) in [6.07, 6.45) is 0.346. The van der Waals surface area contributed by atoms with Crippen molar-refractivity contribution in [3.8, 4) is 11.5 Å². The van der Waals surface area contributed by atoms with Gasteiger partial charge in [0.25, 0.3) is 0 Å². The summed E-state index contributed by atoms with van der Waals surface area (Å²) in [7, 11) is 3.07. The number of carboxylic acids is 1. The number of ether oxygens (including phenoxy) is 2. The average molecular weight is 527 g/mol. The van der Waals surface area contributed by atoms with Crippen LogP contribution in [0.25, 0.3) is 0 Å². The Balaban J connectivity index is 1.71. The van der Waals surface area contributed by atoms with Crippen LogP contribution in [0.15, 0.2) is 84.1 Å². The number of rotatable bonds is 7. The van der Waals surface area contributed by atoms with Crippen LogP contribution in [0.4, 0.5) is 11.4 Å². The Kier molecular flexibility index (Phi) is 7.36. The molecule has 8 nitrogen and oxygen atoms in total. The highest BCUT2D eigenvalue weighted by Gasteiger charge is 2.41. The SMILES string of the molecule is COc1ccc([C@@H]2C3=C(C[C@@H](c4ccccc4)CC3=O)Nc3ccccc3N2C(=O)CCC(=O)O)cc1OC. The minimum Gasteiger partial charge on any atom is -0.493 e. The number of hydrogen-bond donors (Lipinski definition) is 2. The number of carboxylic acid groups (broad SMARTS) is 1. The van der Waals surface area contributed by atoms with Crippen molar-refractivity contribution in [1.82, 2.24) is 0 Å². The second-order valence-electron chi connectivity index (χ2n) is 9.65. The number of para-hydroxylation sites is 2. The minimum absolute atomic E-state index is 0.0163. The van der Waals surface area contributed by atoms with Gasteiger partial charge in [-0.2, -0.15) is 0 Å². The summed E-state index contributed by atoms with van der Waals surface area (Å²) in [5.74, 6) is -0.556. The first kappa shape index (κ1) is 26.0. The number of Topliss-reactive ketones (excluding diaryl/α,β-unsaturated/α-hetero) is 1. The summed E-state index contributed by atoms with van der Waals surface area (Å²) in [6, 6.07) is 21.9. The molecular weight excluding hydrogens is 496 g/mol. The predicted molar refractivity (Wildman–Crippen MR) is 147 cm³/mol. The molecule has 3 aromatic carbocycles. The van der Waals surface area contributed by atoms with Gasteiger partial charge < -0.3 is 19.9 Å². The summed E-state index contributed by atoms with van der Waals surface area (Å²) in [5, 5.41) is 12.8. The molecule has 1 aliphatic heterocycles. The van der Waals surface area contributed by atoms with Gasteiger partial charge in [0.2, 0.25) is 5.91 Å². The van der Waals surface area contributed by atoms with E-state index in [-0.39, 0.29) is 24.5 Å². The van der Waals surface area contributed by atoms with Crippen LogP contribution in [0.5, 0.6) is 11.5 Å². The van der Waals surface area contributed by atoms with E-state index >= 15 is 0 Å². The summed E-state index contributed by atoms with van der Waals surface area (Å²) < 4.78 is 11.0. The summed E-state index contributed by atoms with van der Waals surface area (Å²) in [5.41, 5.74) is 4.24. The van der Waals surface area contributed by atoms with Crippen molar-refractivity contribution in [3.63, 3.8) is 0 Å². The highest BCUT2D eigenvalue weighted by Crippen LogP contribution is 2.48. The molecular formula is C31H30N2O6. The number of fused-ring (bicyclic) bond motifs is 1. The van der Waals surface area contributed by atoms with E-state index in [2.05, 4.69) is 5.32 Å². The van der Waals surface area contributed by atoms with Crippen molar-refractivity contribution in [2.45, 2.75) is 37.6 Å². The Hall–Kier alpha value is -4.59. The van der Waals surface area contributed by atoms with Crippen LogP contribution in [-0.4, -0.2) is 37.0 Å². The first-order chi connectivity index (χ1) is 18.9. The van der Waals surface area contributed by atoms with E-state index < -0.39 is 17.9 Å². The molecule has 0 saturated carbocycles. The molecule has 2 N–H and O–H groups in total. The van der Waals surface area contributed by atoms with Crippen molar-refractivity contribution in [3.05, 3.63) is 95.2 Å². The zero-order chi connectivity index (χ0) is 27.5. The lowest BCUT2D eigenvalue weighted by molar-refractivity contribution is -0.138. The van der Waals surface area contributed by atoms with Crippen molar-refractivity contribution >= 4 is 29.0 Å². The molecule has 5 rings (SSSR count). The quantitative estimate of drug-likeness (QED) is 0.421. The van der Waals surface area contributed by atoms with Gasteiger partial charge in [-0.1, -0.05) is 48.5 Å². The molecule has 3 aromatic rings. The Morgan fingerprint density at radius 2 is 1.62 bits per heavy atom. The average Bonchev–Trinajstić information content (AvgIpc) is 3.10. The molecule has 0 bridgehead atoms. The third-order valence-electron chi connectivity index (χ3n) is 7.30. The van der Waals surface area contributed by atoms with Crippen molar-refractivity contribution in [1.29, 1.82) is 0 Å². The molecule has 0 saturated heterocycles. The standard InChI is InChI=1S/C31H30N2O6/c1-38-26-13-12-20(18-27(26)39-2)31-30-23(16-21(17-25(30)34)19-8-4-3-5-9-19)32-22-10-6-7-11-24(22)33(31)28(35)14-15-29(36)37/h3-13,18,21,31-32H,14-17H2,1-2H3,(H,36,37)/t21-,31-/m1/s1. The molecule has 0 unspecified atom stereocenters. The molecule has 1 amide bonds. The highest BCUT2D eigenvalue weighted by atomic mass is 16.5. The lowest BCUT2D eigenvalue weighted by atomic mass is 9.78. The normalized spacial score (nSPS) is 18.4. The van der Waals surface area contributed by atoms with Crippen LogP contribution >= 0.6 is 0 Å². The number of allylic oxidation sites excluding steroid dienone is 1. The molecule has 2 atom stereocenters. The number of carbonyl (C=O) groups is 3. The fourth-order valence-electron chi connectivity index (χ4n) is 5.50. The Labute approximate surface area is 226 Å². The number of nitrogens with zero attached hydrogens (tertiary/aromatic N) is 1. The molecule has 0 radical (unpaired) electrons. The summed E-state index contributed by atoms with van der Waals surface area (Å²) in [4.78, 5) is 40.8. The number of anilines is 2. The van der Waals surface area contributed by atoms with E-state index in [1.54, 1.807) is 24.1 Å². The van der Waals surface area contributed by atoms with Crippen LogP contribution in [0.1, 0.15) is 48.8 Å². The van der Waals surface area contributed by atoms with E-state index in [1.165, 1.54) is 7.11 Å². The molecule has 1 heterocycles. The Morgan fingerprint density at radius 1 is 0.897 bits per heavy atom. The van der Waals surface area contributed by atoms with Gasteiger partial charge in [-0.15, -0.1) is 0 Å². The summed E-state index contributed by atoms with van der Waals surface area (Å²) in [6.45, 7) is 0. The summed E-state index contributed by atoms with van der Waals surface area (Å²) >= 11 is 0. The topological polar surface area (TPSA) is 105 Å². The van der Waals surface area contributed by atoms with Crippen molar-refractivity contribution < 1.29 is 29.0 Å². The van der Waals surface area contributed by atoms with Crippen molar-refractivity contribution in [2.24, 2.45) is 0 Å².